The Kier molecular flexibility index (Phi) is 4.12. The van der Waals surface area contributed by atoms with Crippen LogP contribution in [0.25, 0.3) is 21.8 Å². The molecular weight excluding hydrogens is 385 g/mol. The molecule has 2 aromatic heterocycles. The Morgan fingerprint density at radius 1 is 1.14 bits per heavy atom. The van der Waals surface area contributed by atoms with Gasteiger partial charge in [0.25, 0.3) is 0 Å². The molecule has 0 saturated heterocycles. The Labute approximate surface area is 163 Å². The van der Waals surface area contributed by atoms with E-state index in [2.05, 4.69) is 9.97 Å². The lowest BCUT2D eigenvalue weighted by molar-refractivity contribution is -0.118. The van der Waals surface area contributed by atoms with Gasteiger partial charge >= 0.3 is 5.97 Å². The highest BCUT2D eigenvalue weighted by Crippen LogP contribution is 2.39. The second-order valence-electron chi connectivity index (χ2n) is 6.57. The van der Waals surface area contributed by atoms with Gasteiger partial charge in [-0.15, -0.1) is 0 Å². The maximum atomic E-state index is 14.2. The number of hydrogen-bond donors (Lipinski definition) is 4. The van der Waals surface area contributed by atoms with Crippen molar-refractivity contribution in [2.75, 3.05) is 0 Å². The number of carboxylic acids is 1. The summed E-state index contributed by atoms with van der Waals surface area (Å²) in [5, 5.41) is 11.0. The molecular formula is C20H15ClFN3O3. The van der Waals surface area contributed by atoms with Crippen molar-refractivity contribution in [2.24, 2.45) is 5.73 Å². The summed E-state index contributed by atoms with van der Waals surface area (Å²) in [5.74, 6) is -3.58. The highest BCUT2D eigenvalue weighted by molar-refractivity contribution is 6.31. The maximum Gasteiger partial charge on any atom is 0.352 e. The molecule has 4 aromatic rings. The standard InChI is InChI=1S/C20H15ClFN3O3/c1-8-14(10-3-2-4-12(22)17(10)24-8)16(19(23)26)15-11-7-9(21)5-6-13(11)25-18(15)20(27)28/h2-7,16,24-25H,1H3,(H2,23,26)(H,27,28). The monoisotopic (exact) mass is 399 g/mol. The predicted octanol–water partition coefficient (Wildman–Crippen LogP) is 4.07. The number of carboxylic acid groups (broad SMARTS) is 1. The highest BCUT2D eigenvalue weighted by atomic mass is 35.5. The van der Waals surface area contributed by atoms with Crippen molar-refractivity contribution in [3.05, 3.63) is 69.8 Å². The second kappa shape index (κ2) is 6.38. The Balaban J connectivity index is 2.12. The van der Waals surface area contributed by atoms with Crippen molar-refractivity contribution >= 4 is 45.3 Å². The first-order valence-electron chi connectivity index (χ1n) is 8.40. The molecule has 1 amide bonds. The molecule has 142 valence electrons. The van der Waals surface area contributed by atoms with Gasteiger partial charge < -0.3 is 20.8 Å². The maximum absolute atomic E-state index is 14.2. The van der Waals surface area contributed by atoms with E-state index in [1.165, 1.54) is 12.1 Å². The molecule has 1 atom stereocenters. The van der Waals surface area contributed by atoms with Crippen LogP contribution >= 0.6 is 11.6 Å². The number of fused-ring (bicyclic) bond motifs is 2. The zero-order chi connectivity index (χ0) is 20.2. The number of H-pyrrole nitrogens is 2. The van der Waals surface area contributed by atoms with E-state index in [-0.39, 0.29) is 16.8 Å². The normalized spacial score (nSPS) is 12.5. The van der Waals surface area contributed by atoms with Crippen molar-refractivity contribution in [3.8, 4) is 0 Å². The Hall–Kier alpha value is -3.32. The fourth-order valence-corrected chi connectivity index (χ4v) is 3.96. The third-order valence-corrected chi connectivity index (χ3v) is 5.13. The molecule has 0 bridgehead atoms. The molecule has 1 unspecified atom stereocenters. The first kappa shape index (κ1) is 18.1. The van der Waals surface area contributed by atoms with Crippen molar-refractivity contribution < 1.29 is 19.1 Å². The number of nitrogens with one attached hydrogen (secondary N) is 2. The molecule has 0 spiro atoms. The van der Waals surface area contributed by atoms with Gasteiger partial charge in [0, 0.05) is 32.6 Å². The molecule has 0 aliphatic carbocycles. The van der Waals surface area contributed by atoms with Crippen LogP contribution in [0.1, 0.15) is 33.2 Å². The Morgan fingerprint density at radius 2 is 1.89 bits per heavy atom. The number of aromatic carboxylic acids is 1. The average Bonchev–Trinajstić information content (AvgIpc) is 3.15. The number of hydrogen-bond acceptors (Lipinski definition) is 2. The lowest BCUT2D eigenvalue weighted by Crippen LogP contribution is -2.24. The molecule has 0 saturated carbocycles. The molecule has 6 nitrogen and oxygen atoms in total. The zero-order valence-corrected chi connectivity index (χ0v) is 15.4. The van der Waals surface area contributed by atoms with Crippen LogP contribution in [0, 0.1) is 12.7 Å². The van der Waals surface area contributed by atoms with Gasteiger partial charge in [-0.05, 0) is 36.8 Å². The van der Waals surface area contributed by atoms with Crippen molar-refractivity contribution in [1.29, 1.82) is 0 Å². The summed E-state index contributed by atoms with van der Waals surface area (Å²) < 4.78 is 14.2. The summed E-state index contributed by atoms with van der Waals surface area (Å²) in [6.45, 7) is 1.69. The summed E-state index contributed by atoms with van der Waals surface area (Å²) in [4.78, 5) is 30.2. The molecule has 2 heterocycles. The van der Waals surface area contributed by atoms with E-state index >= 15 is 0 Å². The number of benzene rings is 2. The minimum Gasteiger partial charge on any atom is -0.477 e. The number of aromatic nitrogens is 2. The molecule has 28 heavy (non-hydrogen) atoms. The van der Waals surface area contributed by atoms with Crippen LogP contribution in [-0.4, -0.2) is 27.0 Å². The van der Waals surface area contributed by atoms with Gasteiger partial charge in [-0.3, -0.25) is 4.79 Å². The van der Waals surface area contributed by atoms with Crippen molar-refractivity contribution in [1.82, 2.24) is 9.97 Å². The van der Waals surface area contributed by atoms with Gasteiger partial charge in [-0.25, -0.2) is 9.18 Å². The van der Waals surface area contributed by atoms with E-state index in [0.717, 1.165) is 0 Å². The van der Waals surface area contributed by atoms with E-state index in [1.54, 1.807) is 31.2 Å². The topological polar surface area (TPSA) is 112 Å². The fraction of sp³-hybridized carbons (Fsp3) is 0.100. The summed E-state index contributed by atoms with van der Waals surface area (Å²) in [6, 6.07) is 9.31. The minimum atomic E-state index is -1.24. The Bertz CT molecular complexity index is 1270. The molecule has 0 radical (unpaired) electrons. The number of amides is 1. The van der Waals surface area contributed by atoms with E-state index in [9.17, 15) is 19.1 Å². The number of primary amides is 1. The first-order chi connectivity index (χ1) is 13.3. The SMILES string of the molecule is Cc1[nH]c2c(F)cccc2c1C(C(N)=O)c1c(C(=O)O)[nH]c2ccc(Cl)cc12. The summed E-state index contributed by atoms with van der Waals surface area (Å²) in [6.07, 6.45) is 0. The van der Waals surface area contributed by atoms with Gasteiger partial charge in [0.15, 0.2) is 0 Å². The van der Waals surface area contributed by atoms with Gasteiger partial charge in [0.2, 0.25) is 5.91 Å². The van der Waals surface area contributed by atoms with Crippen molar-refractivity contribution in [2.45, 2.75) is 12.8 Å². The van der Waals surface area contributed by atoms with E-state index in [0.29, 0.717) is 32.6 Å². The predicted molar refractivity (Wildman–Crippen MR) is 104 cm³/mol. The van der Waals surface area contributed by atoms with E-state index in [1.807, 2.05) is 0 Å². The highest BCUT2D eigenvalue weighted by Gasteiger charge is 2.33. The lowest BCUT2D eigenvalue weighted by Gasteiger charge is -2.15. The molecule has 5 N–H and O–H groups in total. The molecule has 0 fully saturated rings. The smallest absolute Gasteiger partial charge is 0.352 e. The van der Waals surface area contributed by atoms with Gasteiger partial charge in [-0.2, -0.15) is 0 Å². The van der Waals surface area contributed by atoms with Crippen molar-refractivity contribution in [3.63, 3.8) is 0 Å². The van der Waals surface area contributed by atoms with Crippen LogP contribution < -0.4 is 5.73 Å². The number of carbonyl (C=O) groups excluding carboxylic acids is 1. The van der Waals surface area contributed by atoms with Crippen LogP contribution in [0.2, 0.25) is 5.02 Å². The van der Waals surface area contributed by atoms with Crippen LogP contribution in [0.5, 0.6) is 0 Å². The van der Waals surface area contributed by atoms with Crippen LogP contribution in [0.3, 0.4) is 0 Å². The fourth-order valence-electron chi connectivity index (χ4n) is 3.79. The number of rotatable bonds is 4. The van der Waals surface area contributed by atoms with Crippen LogP contribution in [0.15, 0.2) is 36.4 Å². The largest absolute Gasteiger partial charge is 0.477 e. The van der Waals surface area contributed by atoms with Gasteiger partial charge in [-0.1, -0.05) is 23.7 Å². The van der Waals surface area contributed by atoms with Crippen LogP contribution in [-0.2, 0) is 4.79 Å². The molecule has 0 aliphatic heterocycles. The number of nitrogens with two attached hydrogens (primary N) is 1. The number of carbonyl (C=O) groups is 2. The second-order valence-corrected chi connectivity index (χ2v) is 7.01. The molecule has 8 heteroatoms. The van der Waals surface area contributed by atoms with Gasteiger partial charge in [0.1, 0.15) is 11.5 Å². The quantitative estimate of drug-likeness (QED) is 0.415. The van der Waals surface area contributed by atoms with Crippen LogP contribution in [0.4, 0.5) is 4.39 Å². The third kappa shape index (κ3) is 2.63. The zero-order valence-electron chi connectivity index (χ0n) is 14.6. The lowest BCUT2D eigenvalue weighted by atomic mass is 9.86. The summed E-state index contributed by atoms with van der Waals surface area (Å²) >= 11 is 6.10. The minimum absolute atomic E-state index is 0.161. The van der Waals surface area contributed by atoms with E-state index < -0.39 is 23.6 Å². The number of para-hydroxylation sites is 1. The average molecular weight is 400 g/mol. The number of halogens is 2. The number of aromatic amines is 2. The van der Waals surface area contributed by atoms with Gasteiger partial charge in [0.05, 0.1) is 11.4 Å². The Morgan fingerprint density at radius 3 is 2.57 bits per heavy atom. The third-order valence-electron chi connectivity index (χ3n) is 4.90. The molecule has 2 aromatic carbocycles. The molecule has 4 rings (SSSR count). The number of aryl methyl sites for hydroxylation is 1. The summed E-state index contributed by atoms with van der Waals surface area (Å²) in [5.41, 5.74) is 7.47. The van der Waals surface area contributed by atoms with E-state index in [4.69, 9.17) is 17.3 Å². The molecule has 0 aliphatic rings. The first-order valence-corrected chi connectivity index (χ1v) is 8.77. The summed E-state index contributed by atoms with van der Waals surface area (Å²) in [7, 11) is 0.